The van der Waals surface area contributed by atoms with Crippen LogP contribution in [0.1, 0.15) is 51.6 Å². The second kappa shape index (κ2) is 7.08. The number of nitrogens with one attached hydrogen (secondary N) is 1. The number of piperidine rings is 1. The fourth-order valence-electron chi connectivity index (χ4n) is 2.69. The van der Waals surface area contributed by atoms with Gasteiger partial charge in [0.2, 0.25) is 5.91 Å². The van der Waals surface area contributed by atoms with Crippen LogP contribution in [0.4, 0.5) is 0 Å². The van der Waals surface area contributed by atoms with Gasteiger partial charge in [0, 0.05) is 12.0 Å². The van der Waals surface area contributed by atoms with Gasteiger partial charge in [-0.15, -0.1) is 0 Å². The van der Waals surface area contributed by atoms with E-state index in [1.54, 1.807) is 0 Å². The van der Waals surface area contributed by atoms with Crippen LogP contribution in [0.2, 0.25) is 0 Å². The van der Waals surface area contributed by atoms with E-state index in [9.17, 15) is 4.79 Å². The maximum absolute atomic E-state index is 12.4. The highest BCUT2D eigenvalue weighted by molar-refractivity contribution is 5.81. The summed E-state index contributed by atoms with van der Waals surface area (Å²) < 4.78 is 0. The second-order valence-electron chi connectivity index (χ2n) is 7.05. The highest BCUT2D eigenvalue weighted by Gasteiger charge is 2.26. The van der Waals surface area contributed by atoms with Crippen molar-refractivity contribution in [3.63, 3.8) is 0 Å². The fourth-order valence-corrected chi connectivity index (χ4v) is 2.69. The minimum Gasteiger partial charge on any atom is -0.348 e. The van der Waals surface area contributed by atoms with Gasteiger partial charge in [-0.05, 0) is 31.5 Å². The average molecular weight is 288 g/mol. The number of rotatable bonds is 4. The molecule has 3 heteroatoms. The van der Waals surface area contributed by atoms with Crippen molar-refractivity contribution in [1.29, 1.82) is 0 Å². The van der Waals surface area contributed by atoms with Crippen molar-refractivity contribution < 1.29 is 4.79 Å². The van der Waals surface area contributed by atoms with E-state index in [2.05, 4.69) is 22.3 Å². The van der Waals surface area contributed by atoms with Gasteiger partial charge < -0.3 is 10.2 Å². The topological polar surface area (TPSA) is 32.3 Å². The van der Waals surface area contributed by atoms with E-state index in [1.807, 2.05) is 39.0 Å². The number of hydrogen-bond donors (Lipinski definition) is 1. The summed E-state index contributed by atoms with van der Waals surface area (Å²) in [5.74, 6) is 0.119. The zero-order chi connectivity index (χ0) is 15.3. The number of nitrogens with zero attached hydrogens (tertiary/aromatic N) is 1. The highest BCUT2D eigenvalue weighted by Crippen LogP contribution is 2.20. The summed E-state index contributed by atoms with van der Waals surface area (Å²) in [6, 6.07) is 10.4. The van der Waals surface area contributed by atoms with Gasteiger partial charge in [-0.2, -0.15) is 0 Å². The van der Waals surface area contributed by atoms with E-state index in [0.717, 1.165) is 19.6 Å². The molecule has 1 aromatic carbocycles. The van der Waals surface area contributed by atoms with Crippen LogP contribution < -0.4 is 5.32 Å². The summed E-state index contributed by atoms with van der Waals surface area (Å²) in [6.07, 6.45) is 3.88. The van der Waals surface area contributed by atoms with Gasteiger partial charge in [0.1, 0.15) is 0 Å². The molecule has 1 saturated heterocycles. The number of carbonyl (C=O) groups is 1. The summed E-state index contributed by atoms with van der Waals surface area (Å²) in [5.41, 5.74) is 0.843. The van der Waals surface area contributed by atoms with E-state index >= 15 is 0 Å². The first kappa shape index (κ1) is 16.0. The quantitative estimate of drug-likeness (QED) is 0.921. The van der Waals surface area contributed by atoms with Crippen molar-refractivity contribution in [2.45, 2.75) is 46.1 Å². The largest absolute Gasteiger partial charge is 0.348 e. The Hall–Kier alpha value is -1.35. The smallest absolute Gasteiger partial charge is 0.225 e. The molecule has 0 saturated carbocycles. The van der Waals surface area contributed by atoms with E-state index in [1.165, 1.54) is 24.8 Å². The number of benzene rings is 1. The van der Waals surface area contributed by atoms with Crippen LogP contribution in [-0.2, 0) is 4.79 Å². The lowest BCUT2D eigenvalue weighted by atomic mass is 9.94. The first-order chi connectivity index (χ1) is 9.97. The van der Waals surface area contributed by atoms with Gasteiger partial charge in [-0.25, -0.2) is 0 Å². The average Bonchev–Trinajstić information content (AvgIpc) is 2.47. The fraction of sp³-hybridized carbons (Fsp3) is 0.611. The van der Waals surface area contributed by atoms with Gasteiger partial charge in [0.25, 0.3) is 0 Å². The monoisotopic (exact) mass is 288 g/mol. The maximum atomic E-state index is 12.4. The Morgan fingerprint density at radius 3 is 2.33 bits per heavy atom. The summed E-state index contributed by atoms with van der Waals surface area (Å²) in [7, 11) is 0. The zero-order valence-corrected chi connectivity index (χ0v) is 13.6. The minimum absolute atomic E-state index is 0.0797. The third kappa shape index (κ3) is 4.85. The molecule has 3 nitrogen and oxygen atoms in total. The predicted octanol–water partition coefficient (Wildman–Crippen LogP) is 3.38. The number of hydrogen-bond acceptors (Lipinski definition) is 2. The molecule has 1 amide bonds. The van der Waals surface area contributed by atoms with Gasteiger partial charge in [-0.3, -0.25) is 4.79 Å². The van der Waals surface area contributed by atoms with E-state index < -0.39 is 0 Å². The molecule has 1 heterocycles. The summed E-state index contributed by atoms with van der Waals surface area (Å²) >= 11 is 0. The number of carbonyl (C=O) groups excluding carboxylic acids is 1. The highest BCUT2D eigenvalue weighted by atomic mass is 16.2. The predicted molar refractivity (Wildman–Crippen MR) is 87.1 cm³/mol. The SMILES string of the molecule is CC(C)(C)C(=O)N[C@H](CN1CCCCC1)c1ccccc1. The van der Waals surface area contributed by atoms with Crippen molar-refractivity contribution >= 4 is 5.91 Å². The molecule has 0 aliphatic carbocycles. The van der Waals surface area contributed by atoms with Gasteiger partial charge >= 0.3 is 0 Å². The van der Waals surface area contributed by atoms with Gasteiger partial charge in [-0.1, -0.05) is 57.5 Å². The molecule has 116 valence electrons. The molecule has 1 aliphatic rings. The Balaban J connectivity index is 2.08. The molecular weight excluding hydrogens is 260 g/mol. The first-order valence-electron chi connectivity index (χ1n) is 8.05. The molecule has 1 aromatic rings. The van der Waals surface area contributed by atoms with E-state index in [4.69, 9.17) is 0 Å². The minimum atomic E-state index is -0.352. The molecule has 1 fully saturated rings. The summed E-state index contributed by atoms with van der Waals surface area (Å²) in [5, 5.41) is 3.24. The van der Waals surface area contributed by atoms with Crippen LogP contribution in [0, 0.1) is 5.41 Å². The molecule has 1 atom stereocenters. The van der Waals surface area contributed by atoms with Gasteiger partial charge in [0.05, 0.1) is 6.04 Å². The Labute approximate surface area is 128 Å². The Kier molecular flexibility index (Phi) is 5.40. The Morgan fingerprint density at radius 1 is 1.14 bits per heavy atom. The van der Waals surface area contributed by atoms with Crippen molar-refractivity contribution in [2.75, 3.05) is 19.6 Å². The molecule has 0 unspecified atom stereocenters. The lowest BCUT2D eigenvalue weighted by Gasteiger charge is -2.32. The molecule has 0 radical (unpaired) electrons. The molecule has 2 rings (SSSR count). The lowest BCUT2D eigenvalue weighted by Crippen LogP contribution is -2.43. The second-order valence-corrected chi connectivity index (χ2v) is 7.05. The molecule has 0 bridgehead atoms. The van der Waals surface area contributed by atoms with Crippen molar-refractivity contribution in [3.05, 3.63) is 35.9 Å². The van der Waals surface area contributed by atoms with E-state index in [0.29, 0.717) is 0 Å². The molecule has 21 heavy (non-hydrogen) atoms. The van der Waals surface area contributed by atoms with Crippen LogP contribution >= 0.6 is 0 Å². The van der Waals surface area contributed by atoms with Crippen molar-refractivity contribution in [1.82, 2.24) is 10.2 Å². The third-order valence-corrected chi connectivity index (χ3v) is 4.08. The molecule has 1 N–H and O–H groups in total. The van der Waals surface area contributed by atoms with Crippen LogP contribution in [0.15, 0.2) is 30.3 Å². The van der Waals surface area contributed by atoms with Crippen LogP contribution in [0.3, 0.4) is 0 Å². The summed E-state index contributed by atoms with van der Waals surface area (Å²) in [4.78, 5) is 14.8. The van der Waals surface area contributed by atoms with Gasteiger partial charge in [0.15, 0.2) is 0 Å². The first-order valence-corrected chi connectivity index (χ1v) is 8.05. The van der Waals surface area contributed by atoms with Crippen LogP contribution in [-0.4, -0.2) is 30.4 Å². The Bertz CT molecular complexity index is 444. The third-order valence-electron chi connectivity index (χ3n) is 4.08. The number of likely N-dealkylation sites (tertiary alicyclic amines) is 1. The lowest BCUT2D eigenvalue weighted by molar-refractivity contribution is -0.129. The number of amides is 1. The maximum Gasteiger partial charge on any atom is 0.225 e. The molecule has 0 spiro atoms. The van der Waals surface area contributed by atoms with E-state index in [-0.39, 0.29) is 17.4 Å². The van der Waals surface area contributed by atoms with Crippen LogP contribution in [0.25, 0.3) is 0 Å². The Morgan fingerprint density at radius 2 is 1.76 bits per heavy atom. The van der Waals surface area contributed by atoms with Crippen molar-refractivity contribution in [2.24, 2.45) is 5.41 Å². The summed E-state index contributed by atoms with van der Waals surface area (Å²) in [6.45, 7) is 9.09. The zero-order valence-electron chi connectivity index (χ0n) is 13.6. The standard InChI is InChI=1S/C18H28N2O/c1-18(2,3)17(21)19-16(15-10-6-4-7-11-15)14-20-12-8-5-9-13-20/h4,6-7,10-11,16H,5,8-9,12-14H2,1-3H3,(H,19,21)/t16-/m1/s1. The van der Waals surface area contributed by atoms with Crippen LogP contribution in [0.5, 0.6) is 0 Å². The normalized spacial score (nSPS) is 18.2. The molecule has 1 aliphatic heterocycles. The molecule has 0 aromatic heterocycles. The van der Waals surface area contributed by atoms with Crippen molar-refractivity contribution in [3.8, 4) is 0 Å². The molecular formula is C18H28N2O.